The molecule has 1 aliphatic rings. The lowest BCUT2D eigenvalue weighted by molar-refractivity contribution is 0.409. The van der Waals surface area contributed by atoms with E-state index in [1.165, 1.54) is 24.8 Å². The van der Waals surface area contributed by atoms with Crippen LogP contribution in [0.1, 0.15) is 26.2 Å². The summed E-state index contributed by atoms with van der Waals surface area (Å²) in [4.78, 5) is 4.53. The normalized spacial score (nSPS) is 16.2. The minimum Gasteiger partial charge on any atom is -0.329 e. The highest BCUT2D eigenvalue weighted by molar-refractivity contribution is 5.55. The van der Waals surface area contributed by atoms with Crippen LogP contribution in [0.4, 0.5) is 0 Å². The van der Waals surface area contributed by atoms with Gasteiger partial charge in [-0.2, -0.15) is 0 Å². The van der Waals surface area contributed by atoms with Crippen LogP contribution < -0.4 is 5.32 Å². The second kappa shape index (κ2) is 6.23. The van der Waals surface area contributed by atoms with Crippen LogP contribution in [0.15, 0.2) is 42.7 Å². The van der Waals surface area contributed by atoms with E-state index in [9.17, 15) is 0 Å². The average molecular weight is 269 g/mol. The Morgan fingerprint density at radius 3 is 2.80 bits per heavy atom. The maximum Gasteiger partial charge on any atom is 0.139 e. The van der Waals surface area contributed by atoms with E-state index in [1.807, 2.05) is 12.3 Å². The van der Waals surface area contributed by atoms with Crippen molar-refractivity contribution in [2.45, 2.75) is 38.8 Å². The molecule has 1 atom stereocenters. The molecule has 1 fully saturated rings. The lowest BCUT2D eigenvalue weighted by Crippen LogP contribution is -2.35. The van der Waals surface area contributed by atoms with Gasteiger partial charge in [-0.1, -0.05) is 37.3 Å². The van der Waals surface area contributed by atoms with Gasteiger partial charge in [0, 0.05) is 30.5 Å². The van der Waals surface area contributed by atoms with Gasteiger partial charge in [-0.25, -0.2) is 4.98 Å². The monoisotopic (exact) mass is 269 g/mol. The number of rotatable bonds is 7. The van der Waals surface area contributed by atoms with Crippen LogP contribution in [0.25, 0.3) is 11.4 Å². The molecule has 106 valence electrons. The van der Waals surface area contributed by atoms with Gasteiger partial charge in [-0.15, -0.1) is 0 Å². The minimum absolute atomic E-state index is 0.589. The van der Waals surface area contributed by atoms with Crippen molar-refractivity contribution in [2.75, 3.05) is 6.54 Å². The van der Waals surface area contributed by atoms with E-state index in [0.29, 0.717) is 6.04 Å². The third-order valence-corrected chi connectivity index (χ3v) is 3.99. The van der Waals surface area contributed by atoms with E-state index >= 15 is 0 Å². The number of nitrogens with zero attached hydrogens (tertiary/aromatic N) is 2. The van der Waals surface area contributed by atoms with E-state index < -0.39 is 0 Å². The van der Waals surface area contributed by atoms with Gasteiger partial charge < -0.3 is 9.88 Å². The lowest BCUT2D eigenvalue weighted by Gasteiger charge is -2.20. The van der Waals surface area contributed by atoms with Crippen molar-refractivity contribution in [3.8, 4) is 11.4 Å². The summed E-state index contributed by atoms with van der Waals surface area (Å²) in [5.74, 6) is 1.93. The maximum absolute atomic E-state index is 4.53. The van der Waals surface area contributed by atoms with E-state index in [1.54, 1.807) is 0 Å². The molecular weight excluding hydrogens is 246 g/mol. The van der Waals surface area contributed by atoms with Crippen molar-refractivity contribution < 1.29 is 0 Å². The van der Waals surface area contributed by atoms with Gasteiger partial charge in [0.05, 0.1) is 0 Å². The number of hydrogen-bond donors (Lipinski definition) is 1. The highest BCUT2D eigenvalue weighted by atomic mass is 15.1. The summed E-state index contributed by atoms with van der Waals surface area (Å²) in [7, 11) is 0. The van der Waals surface area contributed by atoms with Crippen molar-refractivity contribution in [3.05, 3.63) is 42.7 Å². The second-order valence-corrected chi connectivity index (χ2v) is 5.67. The summed E-state index contributed by atoms with van der Waals surface area (Å²) in [5.41, 5.74) is 1.20. The Balaban J connectivity index is 1.75. The first-order valence-electron chi connectivity index (χ1n) is 7.68. The van der Waals surface area contributed by atoms with E-state index in [-0.39, 0.29) is 0 Å². The molecule has 1 aromatic carbocycles. The molecule has 2 aromatic rings. The quantitative estimate of drug-likeness (QED) is 0.835. The maximum atomic E-state index is 4.53. The van der Waals surface area contributed by atoms with E-state index in [2.05, 4.69) is 52.3 Å². The molecule has 0 aliphatic heterocycles. The van der Waals surface area contributed by atoms with Crippen molar-refractivity contribution in [1.82, 2.24) is 14.9 Å². The first-order valence-corrected chi connectivity index (χ1v) is 7.68. The predicted octanol–water partition coefficient (Wildman–Crippen LogP) is 3.33. The average Bonchev–Trinajstić information content (AvgIpc) is 3.23. The van der Waals surface area contributed by atoms with Crippen molar-refractivity contribution in [2.24, 2.45) is 5.92 Å². The largest absolute Gasteiger partial charge is 0.329 e. The van der Waals surface area contributed by atoms with E-state index in [4.69, 9.17) is 0 Å². The summed E-state index contributed by atoms with van der Waals surface area (Å²) in [6, 6.07) is 11.0. The van der Waals surface area contributed by atoms with Gasteiger partial charge in [0.15, 0.2) is 0 Å². The first kappa shape index (κ1) is 13.4. The number of aromatic nitrogens is 2. The van der Waals surface area contributed by atoms with Crippen molar-refractivity contribution in [3.63, 3.8) is 0 Å². The van der Waals surface area contributed by atoms with Crippen LogP contribution in [-0.4, -0.2) is 22.1 Å². The first-order chi connectivity index (χ1) is 9.88. The molecule has 1 aliphatic carbocycles. The highest BCUT2D eigenvalue weighted by Crippen LogP contribution is 2.33. The molecule has 1 saturated carbocycles. The third kappa shape index (κ3) is 3.10. The molecule has 1 N–H and O–H groups in total. The summed E-state index contributed by atoms with van der Waals surface area (Å²) >= 11 is 0. The fraction of sp³-hybridized carbons (Fsp3) is 0.471. The number of imidazole rings is 1. The molecule has 0 spiro atoms. The highest BCUT2D eigenvalue weighted by Gasteiger charge is 2.31. The van der Waals surface area contributed by atoms with Crippen molar-refractivity contribution >= 4 is 0 Å². The Morgan fingerprint density at radius 1 is 1.30 bits per heavy atom. The molecule has 3 rings (SSSR count). The fourth-order valence-electron chi connectivity index (χ4n) is 2.72. The number of nitrogens with one attached hydrogen (secondary N) is 1. The van der Waals surface area contributed by atoms with E-state index in [0.717, 1.165) is 24.8 Å². The fourth-order valence-corrected chi connectivity index (χ4v) is 2.72. The topological polar surface area (TPSA) is 29.9 Å². The molecule has 0 bridgehead atoms. The van der Waals surface area contributed by atoms with Crippen LogP contribution in [0.3, 0.4) is 0 Å². The van der Waals surface area contributed by atoms with Crippen molar-refractivity contribution in [1.29, 1.82) is 0 Å². The van der Waals surface area contributed by atoms with Gasteiger partial charge >= 0.3 is 0 Å². The standard InChI is InChI=1S/C17H23N3/c1-2-10-18-16(14-8-9-14)13-20-12-11-19-17(20)15-6-4-3-5-7-15/h3-7,11-12,14,16,18H,2,8-10,13H2,1H3. The Bertz CT molecular complexity index is 528. The Hall–Kier alpha value is -1.61. The van der Waals surface area contributed by atoms with Crippen LogP contribution in [0, 0.1) is 5.92 Å². The SMILES string of the molecule is CCCNC(Cn1ccnc1-c1ccccc1)C1CC1. The summed E-state index contributed by atoms with van der Waals surface area (Å²) < 4.78 is 2.29. The molecule has 3 heteroatoms. The van der Waals surface area contributed by atoms with Gasteiger partial charge in [0.25, 0.3) is 0 Å². The van der Waals surface area contributed by atoms with Crippen LogP contribution in [-0.2, 0) is 6.54 Å². The Morgan fingerprint density at radius 2 is 2.10 bits per heavy atom. The van der Waals surface area contributed by atoms with Crippen LogP contribution in [0.2, 0.25) is 0 Å². The number of hydrogen-bond acceptors (Lipinski definition) is 2. The zero-order valence-corrected chi connectivity index (χ0v) is 12.1. The second-order valence-electron chi connectivity index (χ2n) is 5.67. The molecule has 1 heterocycles. The molecule has 1 unspecified atom stereocenters. The van der Waals surface area contributed by atoms with Crippen LogP contribution in [0.5, 0.6) is 0 Å². The van der Waals surface area contributed by atoms with Crippen LogP contribution >= 0.6 is 0 Å². The lowest BCUT2D eigenvalue weighted by atomic mass is 10.1. The molecule has 3 nitrogen and oxygen atoms in total. The van der Waals surface area contributed by atoms with Gasteiger partial charge in [0.2, 0.25) is 0 Å². The molecular formula is C17H23N3. The minimum atomic E-state index is 0.589. The molecule has 20 heavy (non-hydrogen) atoms. The van der Waals surface area contributed by atoms with Gasteiger partial charge in [0.1, 0.15) is 5.82 Å². The Labute approximate surface area is 121 Å². The Kier molecular flexibility index (Phi) is 4.16. The summed E-state index contributed by atoms with van der Waals surface area (Å²) in [5, 5.41) is 3.70. The summed E-state index contributed by atoms with van der Waals surface area (Å²) in [6.07, 6.45) is 7.95. The zero-order chi connectivity index (χ0) is 13.8. The molecule has 0 amide bonds. The molecule has 0 saturated heterocycles. The zero-order valence-electron chi connectivity index (χ0n) is 12.1. The summed E-state index contributed by atoms with van der Waals surface area (Å²) in [6.45, 7) is 4.36. The molecule has 0 radical (unpaired) electrons. The van der Waals surface area contributed by atoms with Gasteiger partial charge in [-0.3, -0.25) is 0 Å². The smallest absolute Gasteiger partial charge is 0.139 e. The predicted molar refractivity (Wildman–Crippen MR) is 82.5 cm³/mol. The van der Waals surface area contributed by atoms with Gasteiger partial charge in [-0.05, 0) is 31.7 Å². The number of benzene rings is 1. The molecule has 1 aromatic heterocycles. The third-order valence-electron chi connectivity index (χ3n) is 3.99.